The van der Waals surface area contributed by atoms with Crippen LogP contribution in [0.25, 0.3) is 0 Å². The van der Waals surface area contributed by atoms with E-state index in [1.54, 1.807) is 24.3 Å². The first-order chi connectivity index (χ1) is 8.58. The van der Waals surface area contributed by atoms with Crippen LogP contribution in [0.3, 0.4) is 0 Å². The van der Waals surface area contributed by atoms with Crippen LogP contribution >= 0.6 is 23.2 Å². The van der Waals surface area contributed by atoms with Gasteiger partial charge in [0.15, 0.2) is 0 Å². The molecule has 0 saturated heterocycles. The third-order valence-electron chi connectivity index (χ3n) is 2.50. The third kappa shape index (κ3) is 3.05. The van der Waals surface area contributed by atoms with Crippen LogP contribution in [0.4, 0.5) is 5.69 Å². The van der Waals surface area contributed by atoms with Gasteiger partial charge in [0.2, 0.25) is 0 Å². The van der Waals surface area contributed by atoms with E-state index in [0.717, 1.165) is 5.56 Å². The molecule has 0 saturated carbocycles. The van der Waals surface area contributed by atoms with Crippen molar-refractivity contribution in [2.45, 2.75) is 10.6 Å². The van der Waals surface area contributed by atoms with Gasteiger partial charge < -0.3 is 5.73 Å². The normalized spacial score (nSPS) is 12.3. The number of halogens is 2. The smallest absolute Gasteiger partial charge is 0.0604 e. The van der Waals surface area contributed by atoms with E-state index in [-0.39, 0.29) is 0 Å². The Hall–Kier alpha value is -1.03. The minimum atomic E-state index is -1.19. The highest BCUT2D eigenvalue weighted by molar-refractivity contribution is 7.84. The fraction of sp³-hybridized carbons (Fsp3) is 0.0769. The van der Waals surface area contributed by atoms with Crippen molar-refractivity contribution in [1.29, 1.82) is 0 Å². The summed E-state index contributed by atoms with van der Waals surface area (Å²) in [5.74, 6) is 0.366. The lowest BCUT2D eigenvalue weighted by Gasteiger charge is -2.06. The van der Waals surface area contributed by atoms with Crippen LogP contribution in [-0.2, 0) is 16.6 Å². The molecule has 0 heterocycles. The van der Waals surface area contributed by atoms with E-state index in [1.165, 1.54) is 0 Å². The molecule has 2 nitrogen and oxygen atoms in total. The molecular weight excluding hydrogens is 289 g/mol. The maximum absolute atomic E-state index is 12.2. The quantitative estimate of drug-likeness (QED) is 0.874. The number of benzene rings is 2. The van der Waals surface area contributed by atoms with E-state index >= 15 is 0 Å². The molecule has 0 aliphatic carbocycles. The van der Waals surface area contributed by atoms with Gasteiger partial charge in [0.05, 0.1) is 26.6 Å². The molecule has 94 valence electrons. The second-order valence-corrected chi connectivity index (χ2v) is 6.03. The first-order valence-electron chi connectivity index (χ1n) is 5.25. The van der Waals surface area contributed by atoms with Crippen molar-refractivity contribution in [2.24, 2.45) is 0 Å². The Morgan fingerprint density at radius 1 is 1.06 bits per heavy atom. The molecule has 2 aromatic carbocycles. The third-order valence-corrected chi connectivity index (χ3v) is 4.59. The summed E-state index contributed by atoms with van der Waals surface area (Å²) >= 11 is 11.7. The lowest BCUT2D eigenvalue weighted by atomic mass is 10.2. The van der Waals surface area contributed by atoms with Gasteiger partial charge in [0.1, 0.15) is 0 Å². The molecule has 1 atom stereocenters. The molecule has 2 rings (SSSR count). The van der Waals surface area contributed by atoms with Gasteiger partial charge in [-0.25, -0.2) is 0 Å². The average Bonchev–Trinajstić information content (AvgIpc) is 2.35. The van der Waals surface area contributed by atoms with Gasteiger partial charge in [-0.1, -0.05) is 41.4 Å². The van der Waals surface area contributed by atoms with Crippen molar-refractivity contribution in [3.05, 3.63) is 58.1 Å². The molecular formula is C13H11Cl2NOS. The molecule has 0 bridgehead atoms. The fourth-order valence-electron chi connectivity index (χ4n) is 1.51. The molecule has 1 unspecified atom stereocenters. The summed E-state index contributed by atoms with van der Waals surface area (Å²) < 4.78 is 12.2. The van der Waals surface area contributed by atoms with Gasteiger partial charge in [0, 0.05) is 10.6 Å². The summed E-state index contributed by atoms with van der Waals surface area (Å²) in [5.41, 5.74) is 7.33. The Labute approximate surface area is 118 Å². The zero-order valence-electron chi connectivity index (χ0n) is 9.40. The summed E-state index contributed by atoms with van der Waals surface area (Å²) in [7, 11) is -1.19. The molecule has 0 radical (unpaired) electrons. The van der Waals surface area contributed by atoms with Crippen LogP contribution in [0, 0.1) is 0 Å². The largest absolute Gasteiger partial charge is 0.398 e. The highest BCUT2D eigenvalue weighted by Crippen LogP contribution is 2.25. The summed E-state index contributed by atoms with van der Waals surface area (Å²) in [4.78, 5) is 0.646. The van der Waals surface area contributed by atoms with Gasteiger partial charge in [-0.05, 0) is 29.8 Å². The Morgan fingerprint density at radius 2 is 1.78 bits per heavy atom. The maximum atomic E-state index is 12.2. The summed E-state index contributed by atoms with van der Waals surface area (Å²) in [5, 5.41) is 0.861. The first kappa shape index (κ1) is 13.4. The van der Waals surface area contributed by atoms with Crippen molar-refractivity contribution in [1.82, 2.24) is 0 Å². The van der Waals surface area contributed by atoms with Gasteiger partial charge in [-0.15, -0.1) is 0 Å². The molecule has 0 aromatic heterocycles. The van der Waals surface area contributed by atoms with Crippen LogP contribution in [-0.4, -0.2) is 4.21 Å². The number of anilines is 1. The number of rotatable bonds is 3. The summed E-state index contributed by atoms with van der Waals surface area (Å²) in [6, 6.07) is 12.4. The highest BCUT2D eigenvalue weighted by Gasteiger charge is 2.09. The van der Waals surface area contributed by atoms with Crippen molar-refractivity contribution in [3.8, 4) is 0 Å². The Morgan fingerprint density at radius 3 is 2.44 bits per heavy atom. The average molecular weight is 300 g/mol. The first-order valence-corrected chi connectivity index (χ1v) is 7.32. The van der Waals surface area contributed by atoms with E-state index in [2.05, 4.69) is 0 Å². The SMILES string of the molecule is Nc1ccccc1CS(=O)c1ccc(Cl)c(Cl)c1. The summed E-state index contributed by atoms with van der Waals surface area (Å²) in [6.07, 6.45) is 0. The number of hydrogen-bond acceptors (Lipinski definition) is 2. The fourth-order valence-corrected chi connectivity index (χ4v) is 3.05. The van der Waals surface area contributed by atoms with Crippen molar-refractivity contribution < 1.29 is 4.21 Å². The number of nitrogens with two attached hydrogens (primary N) is 1. The van der Waals surface area contributed by atoms with E-state index in [4.69, 9.17) is 28.9 Å². The van der Waals surface area contributed by atoms with Gasteiger partial charge >= 0.3 is 0 Å². The van der Waals surface area contributed by atoms with Crippen LogP contribution in [0.1, 0.15) is 5.56 Å². The molecule has 0 aliphatic rings. The van der Waals surface area contributed by atoms with Crippen LogP contribution in [0.2, 0.25) is 10.0 Å². The Kier molecular flexibility index (Phi) is 4.27. The minimum absolute atomic E-state index is 0.366. The number of hydrogen-bond donors (Lipinski definition) is 1. The lowest BCUT2D eigenvalue weighted by Crippen LogP contribution is -2.00. The van der Waals surface area contributed by atoms with E-state index in [1.807, 2.05) is 18.2 Å². The highest BCUT2D eigenvalue weighted by atomic mass is 35.5. The summed E-state index contributed by atoms with van der Waals surface area (Å²) in [6.45, 7) is 0. The standard InChI is InChI=1S/C13H11Cl2NOS/c14-11-6-5-10(7-12(11)15)18(17)8-9-3-1-2-4-13(9)16/h1-7H,8,16H2. The van der Waals surface area contributed by atoms with E-state index < -0.39 is 10.8 Å². The van der Waals surface area contributed by atoms with Crippen LogP contribution in [0.5, 0.6) is 0 Å². The van der Waals surface area contributed by atoms with Gasteiger partial charge in [-0.3, -0.25) is 4.21 Å². The Balaban J connectivity index is 2.22. The maximum Gasteiger partial charge on any atom is 0.0604 e. The molecule has 0 spiro atoms. The monoisotopic (exact) mass is 299 g/mol. The van der Waals surface area contributed by atoms with Crippen LogP contribution in [0.15, 0.2) is 47.4 Å². The zero-order chi connectivity index (χ0) is 13.1. The number of nitrogen functional groups attached to an aromatic ring is 1. The zero-order valence-corrected chi connectivity index (χ0v) is 11.7. The van der Waals surface area contributed by atoms with Crippen molar-refractivity contribution in [3.63, 3.8) is 0 Å². The second-order valence-electron chi connectivity index (χ2n) is 3.76. The molecule has 0 aliphatic heterocycles. The lowest BCUT2D eigenvalue weighted by molar-refractivity contribution is 0.682. The topological polar surface area (TPSA) is 43.1 Å². The molecule has 0 amide bonds. The molecule has 2 aromatic rings. The van der Waals surface area contributed by atoms with Crippen molar-refractivity contribution in [2.75, 3.05) is 5.73 Å². The molecule has 0 fully saturated rings. The van der Waals surface area contributed by atoms with E-state index in [0.29, 0.717) is 26.4 Å². The van der Waals surface area contributed by atoms with E-state index in [9.17, 15) is 4.21 Å². The predicted molar refractivity (Wildman–Crippen MR) is 77.4 cm³/mol. The molecule has 2 N–H and O–H groups in total. The van der Waals surface area contributed by atoms with Crippen LogP contribution < -0.4 is 5.73 Å². The predicted octanol–water partition coefficient (Wildman–Crippen LogP) is 3.88. The second kappa shape index (κ2) is 5.74. The van der Waals surface area contributed by atoms with Crippen molar-refractivity contribution >= 4 is 39.7 Å². The Bertz CT molecular complexity index is 601. The van der Waals surface area contributed by atoms with Gasteiger partial charge in [-0.2, -0.15) is 0 Å². The molecule has 5 heteroatoms. The van der Waals surface area contributed by atoms with Gasteiger partial charge in [0.25, 0.3) is 0 Å². The number of para-hydroxylation sites is 1. The minimum Gasteiger partial charge on any atom is -0.398 e. The molecule has 18 heavy (non-hydrogen) atoms.